The van der Waals surface area contributed by atoms with Gasteiger partial charge in [-0.05, 0) is 64.3 Å². The Morgan fingerprint density at radius 3 is 2.63 bits per heavy atom. The van der Waals surface area contributed by atoms with Crippen LogP contribution in [0.2, 0.25) is 0 Å². The molecule has 1 unspecified atom stereocenters. The third kappa shape index (κ3) is 4.32. The molecule has 4 rings (SSSR count). The fourth-order valence-corrected chi connectivity index (χ4v) is 4.05. The third-order valence-electron chi connectivity index (χ3n) is 6.09. The molecular weight excluding hydrogens is 380 g/mol. The smallest absolute Gasteiger partial charge is 0.256 e. The first kappa shape index (κ1) is 20.8. The van der Waals surface area contributed by atoms with Gasteiger partial charge in [0.1, 0.15) is 24.3 Å². The van der Waals surface area contributed by atoms with Gasteiger partial charge in [0.05, 0.1) is 0 Å². The molecule has 1 aromatic heterocycles. The van der Waals surface area contributed by atoms with Gasteiger partial charge in [0.15, 0.2) is 0 Å². The molecule has 2 aliphatic rings. The Labute approximate surface area is 177 Å². The van der Waals surface area contributed by atoms with Crippen molar-refractivity contribution >= 4 is 11.6 Å². The lowest BCUT2D eigenvalue weighted by Gasteiger charge is -2.24. The van der Waals surface area contributed by atoms with Crippen molar-refractivity contribution in [2.75, 3.05) is 25.6 Å². The summed E-state index contributed by atoms with van der Waals surface area (Å²) in [7, 11) is 1.59. The molecule has 1 saturated carbocycles. The minimum absolute atomic E-state index is 0.103. The van der Waals surface area contributed by atoms with E-state index in [0.717, 1.165) is 54.1 Å². The van der Waals surface area contributed by atoms with Crippen LogP contribution in [0, 0.1) is 13.8 Å². The van der Waals surface area contributed by atoms with E-state index < -0.39 is 5.60 Å². The average Bonchev–Trinajstić information content (AvgIpc) is 3.55. The number of nitrogens with zero attached hydrogens (tertiary/aromatic N) is 2. The molecule has 1 saturated heterocycles. The molecule has 2 heterocycles. The van der Waals surface area contributed by atoms with E-state index in [1.807, 2.05) is 32.0 Å². The predicted octanol–water partition coefficient (Wildman–Crippen LogP) is 3.40. The minimum atomic E-state index is -0.677. The van der Waals surface area contributed by atoms with E-state index >= 15 is 0 Å². The van der Waals surface area contributed by atoms with Gasteiger partial charge in [0.25, 0.3) is 5.91 Å². The summed E-state index contributed by atoms with van der Waals surface area (Å²) in [6, 6.07) is 6.11. The standard InChI is InChI=1S/C23H30N4O3/c1-15-21(16(2)26-14-25-15)19-12-17(27-22(28)23(29-3)9-10-23)7-8-20(19)30-13-18-6-4-5-11-24-18/h7-8,12,14,18,24H,4-6,9-11,13H2,1-3H3,(H,27,28). The lowest BCUT2D eigenvalue weighted by atomic mass is 10.0. The molecular formula is C23H30N4O3. The maximum Gasteiger partial charge on any atom is 0.256 e. The molecule has 0 spiro atoms. The van der Waals surface area contributed by atoms with Gasteiger partial charge in [-0.25, -0.2) is 9.97 Å². The van der Waals surface area contributed by atoms with Crippen molar-refractivity contribution in [1.29, 1.82) is 0 Å². The Bertz CT molecular complexity index is 900. The maximum atomic E-state index is 12.6. The van der Waals surface area contributed by atoms with E-state index in [1.165, 1.54) is 12.8 Å². The van der Waals surface area contributed by atoms with Crippen LogP contribution < -0.4 is 15.4 Å². The topological polar surface area (TPSA) is 85.4 Å². The Balaban J connectivity index is 1.62. The highest BCUT2D eigenvalue weighted by Gasteiger charge is 2.50. The summed E-state index contributed by atoms with van der Waals surface area (Å²) < 4.78 is 11.6. The monoisotopic (exact) mass is 410 g/mol. The Morgan fingerprint density at radius 1 is 1.23 bits per heavy atom. The molecule has 30 heavy (non-hydrogen) atoms. The van der Waals surface area contributed by atoms with Gasteiger partial charge in [-0.15, -0.1) is 0 Å². The molecule has 1 aliphatic heterocycles. The first-order chi connectivity index (χ1) is 14.5. The van der Waals surface area contributed by atoms with Gasteiger partial charge in [0.2, 0.25) is 0 Å². The van der Waals surface area contributed by atoms with Crippen molar-refractivity contribution in [2.24, 2.45) is 0 Å². The zero-order valence-corrected chi connectivity index (χ0v) is 18.0. The third-order valence-corrected chi connectivity index (χ3v) is 6.09. The summed E-state index contributed by atoms with van der Waals surface area (Å²) >= 11 is 0. The van der Waals surface area contributed by atoms with E-state index in [-0.39, 0.29) is 5.91 Å². The van der Waals surface area contributed by atoms with E-state index in [2.05, 4.69) is 20.6 Å². The summed E-state index contributed by atoms with van der Waals surface area (Å²) in [5.41, 5.74) is 3.62. The van der Waals surface area contributed by atoms with Crippen molar-refractivity contribution in [3.63, 3.8) is 0 Å². The molecule has 2 N–H and O–H groups in total. The van der Waals surface area contributed by atoms with Gasteiger partial charge in [-0.2, -0.15) is 0 Å². The summed E-state index contributed by atoms with van der Waals surface area (Å²) in [5, 5.41) is 6.52. The average molecular weight is 411 g/mol. The number of hydrogen-bond acceptors (Lipinski definition) is 6. The molecule has 2 fully saturated rings. The van der Waals surface area contributed by atoms with Crippen LogP contribution in [0.5, 0.6) is 5.75 Å². The SMILES string of the molecule is COC1(C(=O)Nc2ccc(OCC3CCCCN3)c(-c3c(C)ncnc3C)c2)CC1. The molecule has 7 nitrogen and oxygen atoms in total. The number of nitrogens with one attached hydrogen (secondary N) is 2. The molecule has 2 aromatic rings. The summed E-state index contributed by atoms with van der Waals surface area (Å²) in [6.45, 7) is 5.58. The van der Waals surface area contributed by atoms with E-state index in [1.54, 1.807) is 13.4 Å². The lowest BCUT2D eigenvalue weighted by Crippen LogP contribution is -2.38. The first-order valence-corrected chi connectivity index (χ1v) is 10.7. The van der Waals surface area contributed by atoms with Crippen LogP contribution in [-0.4, -0.2) is 47.8 Å². The highest BCUT2D eigenvalue weighted by atomic mass is 16.5. The van der Waals surface area contributed by atoms with Crippen LogP contribution in [0.1, 0.15) is 43.5 Å². The maximum absolute atomic E-state index is 12.6. The lowest BCUT2D eigenvalue weighted by molar-refractivity contribution is -0.128. The number of benzene rings is 1. The van der Waals surface area contributed by atoms with Crippen LogP contribution in [-0.2, 0) is 9.53 Å². The fourth-order valence-electron chi connectivity index (χ4n) is 4.05. The number of aryl methyl sites for hydroxylation is 2. The van der Waals surface area contributed by atoms with Crippen molar-refractivity contribution in [2.45, 2.75) is 57.6 Å². The Morgan fingerprint density at radius 2 is 2.00 bits per heavy atom. The van der Waals surface area contributed by atoms with Gasteiger partial charge in [-0.1, -0.05) is 6.42 Å². The quantitative estimate of drug-likeness (QED) is 0.728. The van der Waals surface area contributed by atoms with Crippen LogP contribution in [0.15, 0.2) is 24.5 Å². The number of hydrogen-bond donors (Lipinski definition) is 2. The van der Waals surface area contributed by atoms with Crippen molar-refractivity contribution in [1.82, 2.24) is 15.3 Å². The minimum Gasteiger partial charge on any atom is -0.491 e. The molecule has 1 aromatic carbocycles. The molecule has 0 bridgehead atoms. The van der Waals surface area contributed by atoms with Crippen LogP contribution in [0.25, 0.3) is 11.1 Å². The van der Waals surface area contributed by atoms with E-state index in [4.69, 9.17) is 9.47 Å². The Kier molecular flexibility index (Phi) is 6.01. The zero-order valence-electron chi connectivity index (χ0n) is 18.0. The van der Waals surface area contributed by atoms with Gasteiger partial charge < -0.3 is 20.1 Å². The number of amides is 1. The number of piperidine rings is 1. The van der Waals surface area contributed by atoms with Crippen LogP contribution >= 0.6 is 0 Å². The number of rotatable bonds is 7. The van der Waals surface area contributed by atoms with E-state index in [9.17, 15) is 4.79 Å². The van der Waals surface area contributed by atoms with Crippen molar-refractivity contribution in [3.05, 3.63) is 35.9 Å². The summed E-state index contributed by atoms with van der Waals surface area (Å²) in [6.07, 6.45) is 6.64. The largest absolute Gasteiger partial charge is 0.491 e. The summed E-state index contributed by atoms with van der Waals surface area (Å²) in [4.78, 5) is 21.4. The number of methoxy groups -OCH3 is 1. The number of ether oxygens (including phenoxy) is 2. The van der Waals surface area contributed by atoms with Gasteiger partial charge in [-0.3, -0.25) is 4.79 Å². The van der Waals surface area contributed by atoms with Gasteiger partial charge in [0, 0.05) is 41.4 Å². The highest BCUT2D eigenvalue weighted by Crippen LogP contribution is 2.41. The predicted molar refractivity (Wildman–Crippen MR) is 116 cm³/mol. The zero-order chi connectivity index (χ0) is 21.1. The molecule has 160 valence electrons. The molecule has 1 atom stereocenters. The van der Waals surface area contributed by atoms with E-state index in [0.29, 0.717) is 18.3 Å². The normalized spacial score (nSPS) is 19.9. The number of carbonyl (C=O) groups is 1. The molecule has 1 amide bonds. The van der Waals surface area contributed by atoms with Crippen molar-refractivity contribution < 1.29 is 14.3 Å². The second-order valence-electron chi connectivity index (χ2n) is 8.24. The molecule has 0 radical (unpaired) electrons. The number of anilines is 1. The van der Waals surface area contributed by atoms with Crippen LogP contribution in [0.4, 0.5) is 5.69 Å². The fraction of sp³-hybridized carbons (Fsp3) is 0.522. The first-order valence-electron chi connectivity index (χ1n) is 10.7. The van der Waals surface area contributed by atoms with Crippen LogP contribution in [0.3, 0.4) is 0 Å². The van der Waals surface area contributed by atoms with Gasteiger partial charge >= 0.3 is 0 Å². The second-order valence-corrected chi connectivity index (χ2v) is 8.24. The van der Waals surface area contributed by atoms with Crippen molar-refractivity contribution in [3.8, 4) is 16.9 Å². The second kappa shape index (κ2) is 8.70. The molecule has 1 aliphatic carbocycles. The summed E-state index contributed by atoms with van der Waals surface area (Å²) in [5.74, 6) is 0.669. The Hall–Kier alpha value is -2.51. The molecule has 7 heteroatoms. The number of carbonyl (C=O) groups excluding carboxylic acids is 1. The number of aromatic nitrogens is 2. The highest BCUT2D eigenvalue weighted by molar-refractivity contribution is 6.00.